The number of likely N-dealkylation sites (tertiary alicyclic amines) is 1. The first-order chi connectivity index (χ1) is 10.1. The number of methoxy groups -OCH3 is 1. The Morgan fingerprint density at radius 1 is 1.43 bits per heavy atom. The molecule has 1 heterocycles. The zero-order valence-corrected chi connectivity index (χ0v) is 13.7. The lowest BCUT2D eigenvalue weighted by atomic mass is 10.2. The van der Waals surface area contributed by atoms with Gasteiger partial charge in [-0.3, -0.25) is 4.79 Å². The van der Waals surface area contributed by atoms with Crippen LogP contribution in [0.3, 0.4) is 0 Å². The number of rotatable bonds is 10. The van der Waals surface area contributed by atoms with Crippen molar-refractivity contribution in [1.29, 1.82) is 0 Å². The van der Waals surface area contributed by atoms with Gasteiger partial charge in [0.15, 0.2) is 0 Å². The van der Waals surface area contributed by atoms with E-state index in [1.165, 1.54) is 0 Å². The monoisotopic (exact) mass is 301 g/mol. The quantitative estimate of drug-likeness (QED) is 0.629. The van der Waals surface area contributed by atoms with Gasteiger partial charge >= 0.3 is 0 Å². The lowest BCUT2D eigenvalue weighted by Gasteiger charge is -2.21. The fourth-order valence-corrected chi connectivity index (χ4v) is 2.57. The third kappa shape index (κ3) is 6.30. The summed E-state index contributed by atoms with van der Waals surface area (Å²) in [7, 11) is 1.59. The first-order valence-electron chi connectivity index (χ1n) is 7.99. The second-order valence-corrected chi connectivity index (χ2v) is 5.45. The molecule has 1 aliphatic rings. The smallest absolute Gasteiger partial charge is 0.225 e. The van der Waals surface area contributed by atoms with E-state index >= 15 is 0 Å². The van der Waals surface area contributed by atoms with E-state index in [9.17, 15) is 4.79 Å². The number of ether oxygens (including phenoxy) is 2. The number of nitrogens with two attached hydrogens (primary N) is 1. The lowest BCUT2D eigenvalue weighted by Crippen LogP contribution is -2.35. The molecule has 0 aromatic rings. The third-order valence-electron chi connectivity index (χ3n) is 4.15. The van der Waals surface area contributed by atoms with Gasteiger partial charge in [-0.1, -0.05) is 13.8 Å². The molecular formula is C15H31N3O3. The predicted molar refractivity (Wildman–Crippen MR) is 83.2 cm³/mol. The van der Waals surface area contributed by atoms with E-state index in [2.05, 4.69) is 18.7 Å². The van der Waals surface area contributed by atoms with Gasteiger partial charge in [0, 0.05) is 33.3 Å². The highest BCUT2D eigenvalue weighted by atomic mass is 16.5. The van der Waals surface area contributed by atoms with E-state index in [1.54, 1.807) is 7.11 Å². The number of likely N-dealkylation sites (N-methyl/N-ethyl adjacent to an activating group) is 1. The van der Waals surface area contributed by atoms with Crippen LogP contribution in [-0.4, -0.2) is 80.9 Å². The predicted octanol–water partition coefficient (Wildman–Crippen LogP) is 0.310. The standard InChI is InChI=1S/C15H31N3O3/c1-4-17(5-2)8-9-21-13-6-7-18(12-13)15(19)10-14(11-16)20-3/h13-14H,4-12,16H2,1-3H3. The fourth-order valence-electron chi connectivity index (χ4n) is 2.57. The summed E-state index contributed by atoms with van der Waals surface area (Å²) in [5, 5.41) is 0. The minimum atomic E-state index is -0.180. The molecule has 1 rings (SSSR count). The summed E-state index contributed by atoms with van der Waals surface area (Å²) < 4.78 is 11.0. The molecule has 1 amide bonds. The molecule has 1 saturated heterocycles. The van der Waals surface area contributed by atoms with Crippen LogP contribution in [-0.2, 0) is 14.3 Å². The molecule has 0 radical (unpaired) electrons. The van der Waals surface area contributed by atoms with Crippen molar-refractivity contribution in [2.45, 2.75) is 38.9 Å². The maximum absolute atomic E-state index is 12.1. The number of nitrogens with zero attached hydrogens (tertiary/aromatic N) is 2. The van der Waals surface area contributed by atoms with Crippen molar-refractivity contribution >= 4 is 5.91 Å². The van der Waals surface area contributed by atoms with Crippen molar-refractivity contribution in [3.05, 3.63) is 0 Å². The maximum Gasteiger partial charge on any atom is 0.225 e. The molecule has 21 heavy (non-hydrogen) atoms. The Kier molecular flexibility index (Phi) is 8.84. The van der Waals surface area contributed by atoms with Gasteiger partial charge in [0.1, 0.15) is 0 Å². The third-order valence-corrected chi connectivity index (χ3v) is 4.15. The van der Waals surface area contributed by atoms with Gasteiger partial charge in [-0.25, -0.2) is 0 Å². The molecule has 1 fully saturated rings. The molecule has 6 nitrogen and oxygen atoms in total. The largest absolute Gasteiger partial charge is 0.380 e. The van der Waals surface area contributed by atoms with Crippen molar-refractivity contribution in [3.8, 4) is 0 Å². The normalized spacial score (nSPS) is 20.2. The SMILES string of the molecule is CCN(CC)CCOC1CCN(C(=O)CC(CN)OC)C1. The molecule has 2 unspecified atom stereocenters. The average molecular weight is 301 g/mol. The van der Waals surface area contributed by atoms with E-state index in [0.29, 0.717) is 19.5 Å². The van der Waals surface area contributed by atoms with Crippen molar-refractivity contribution in [2.75, 3.05) is 53.0 Å². The van der Waals surface area contributed by atoms with Gasteiger partial charge in [0.25, 0.3) is 0 Å². The Bertz CT molecular complexity index is 294. The topological polar surface area (TPSA) is 68.0 Å². The molecule has 0 aromatic heterocycles. The Morgan fingerprint density at radius 3 is 2.71 bits per heavy atom. The second-order valence-electron chi connectivity index (χ2n) is 5.45. The van der Waals surface area contributed by atoms with Crippen LogP contribution in [0.5, 0.6) is 0 Å². The van der Waals surface area contributed by atoms with E-state index < -0.39 is 0 Å². The van der Waals surface area contributed by atoms with Crippen LogP contribution in [0, 0.1) is 0 Å². The molecule has 1 aliphatic heterocycles. The van der Waals surface area contributed by atoms with Crippen molar-refractivity contribution in [1.82, 2.24) is 9.80 Å². The summed E-state index contributed by atoms with van der Waals surface area (Å²) >= 11 is 0. The molecule has 0 bridgehead atoms. The number of carbonyl (C=O) groups is 1. The lowest BCUT2D eigenvalue weighted by molar-refractivity contribution is -0.133. The molecule has 6 heteroatoms. The Hall–Kier alpha value is -0.690. The summed E-state index contributed by atoms with van der Waals surface area (Å²) in [5.41, 5.74) is 5.55. The fraction of sp³-hybridized carbons (Fsp3) is 0.933. The Labute approximate surface area is 128 Å². The molecule has 0 spiro atoms. The highest BCUT2D eigenvalue weighted by molar-refractivity contribution is 5.77. The van der Waals surface area contributed by atoms with Crippen LogP contribution >= 0.6 is 0 Å². The van der Waals surface area contributed by atoms with Gasteiger partial charge in [-0.15, -0.1) is 0 Å². The zero-order chi connectivity index (χ0) is 15.7. The second kappa shape index (κ2) is 10.1. The van der Waals surface area contributed by atoms with Crippen LogP contribution in [0.15, 0.2) is 0 Å². The highest BCUT2D eigenvalue weighted by Gasteiger charge is 2.27. The number of carbonyl (C=O) groups excluding carboxylic acids is 1. The van der Waals surface area contributed by atoms with Gasteiger partial charge < -0.3 is 25.0 Å². The molecule has 0 aromatic carbocycles. The maximum atomic E-state index is 12.1. The average Bonchev–Trinajstić information content (AvgIpc) is 2.98. The minimum Gasteiger partial charge on any atom is -0.380 e. The van der Waals surface area contributed by atoms with Crippen LogP contribution in [0.4, 0.5) is 0 Å². The molecular weight excluding hydrogens is 270 g/mol. The van der Waals surface area contributed by atoms with Gasteiger partial charge in [-0.2, -0.15) is 0 Å². The first-order valence-corrected chi connectivity index (χ1v) is 7.99. The van der Waals surface area contributed by atoms with Crippen molar-refractivity contribution in [3.63, 3.8) is 0 Å². The first kappa shape index (κ1) is 18.4. The van der Waals surface area contributed by atoms with Gasteiger partial charge in [-0.05, 0) is 19.5 Å². The molecule has 2 atom stereocenters. The summed E-state index contributed by atoms with van der Waals surface area (Å²) in [5.74, 6) is 0.113. The van der Waals surface area contributed by atoms with Crippen LogP contribution in [0.2, 0.25) is 0 Å². The summed E-state index contributed by atoms with van der Waals surface area (Å²) in [6, 6.07) is 0. The minimum absolute atomic E-state index is 0.113. The Balaban J connectivity index is 2.24. The van der Waals surface area contributed by atoms with Crippen LogP contribution < -0.4 is 5.73 Å². The van der Waals surface area contributed by atoms with Crippen LogP contribution in [0.25, 0.3) is 0 Å². The number of amides is 1. The summed E-state index contributed by atoms with van der Waals surface area (Å²) in [6.45, 7) is 9.94. The van der Waals surface area contributed by atoms with Crippen LogP contribution in [0.1, 0.15) is 26.7 Å². The van der Waals surface area contributed by atoms with E-state index in [4.69, 9.17) is 15.2 Å². The molecule has 0 aliphatic carbocycles. The van der Waals surface area contributed by atoms with Gasteiger partial charge in [0.05, 0.1) is 25.2 Å². The van der Waals surface area contributed by atoms with E-state index in [-0.39, 0.29) is 18.1 Å². The highest BCUT2D eigenvalue weighted by Crippen LogP contribution is 2.14. The van der Waals surface area contributed by atoms with E-state index in [0.717, 1.165) is 39.2 Å². The summed E-state index contributed by atoms with van der Waals surface area (Å²) in [4.78, 5) is 16.3. The summed E-state index contributed by atoms with van der Waals surface area (Å²) in [6.07, 6.45) is 1.27. The molecule has 2 N–H and O–H groups in total. The molecule has 124 valence electrons. The van der Waals surface area contributed by atoms with E-state index in [1.807, 2.05) is 4.90 Å². The molecule has 0 saturated carbocycles. The van der Waals surface area contributed by atoms with Gasteiger partial charge in [0.2, 0.25) is 5.91 Å². The van der Waals surface area contributed by atoms with Crippen molar-refractivity contribution in [2.24, 2.45) is 5.73 Å². The zero-order valence-electron chi connectivity index (χ0n) is 13.7. The van der Waals surface area contributed by atoms with Crippen molar-refractivity contribution < 1.29 is 14.3 Å². The number of hydrogen-bond acceptors (Lipinski definition) is 5. The Morgan fingerprint density at radius 2 is 2.14 bits per heavy atom. The number of hydrogen-bond donors (Lipinski definition) is 1.